The molecule has 0 bridgehead atoms. The lowest BCUT2D eigenvalue weighted by Gasteiger charge is -2.34. The number of anilines is 1. The maximum atomic E-state index is 14.1. The third-order valence-corrected chi connectivity index (χ3v) is 6.08. The number of carbonyl (C=O) groups is 1. The molecule has 2 aromatic carbocycles. The van der Waals surface area contributed by atoms with Crippen LogP contribution in [-0.4, -0.2) is 48.3 Å². The number of fused-ring (bicyclic) bond motifs is 1. The monoisotopic (exact) mass is 445 g/mol. The van der Waals surface area contributed by atoms with Crippen molar-refractivity contribution in [1.29, 1.82) is 0 Å². The van der Waals surface area contributed by atoms with E-state index in [1.165, 1.54) is 25.3 Å². The van der Waals surface area contributed by atoms with Crippen LogP contribution < -0.4 is 14.8 Å². The fourth-order valence-corrected chi connectivity index (χ4v) is 4.25. The summed E-state index contributed by atoms with van der Waals surface area (Å²) in [6, 6.07) is 8.80. The number of carbonyl (C=O) groups excluding carboxylic acids is 1. The number of nitrogens with zero attached hydrogens (tertiary/aromatic N) is 2. The number of benzene rings is 2. The van der Waals surface area contributed by atoms with Crippen molar-refractivity contribution in [2.45, 2.75) is 45.2 Å². The van der Waals surface area contributed by atoms with Gasteiger partial charge < -0.3 is 24.6 Å². The van der Waals surface area contributed by atoms with Gasteiger partial charge in [0.15, 0.2) is 11.5 Å². The van der Waals surface area contributed by atoms with Crippen LogP contribution in [0.1, 0.15) is 38.2 Å². The number of amides is 2. The summed E-state index contributed by atoms with van der Waals surface area (Å²) in [5.41, 5.74) is 0.840. The predicted molar refractivity (Wildman–Crippen MR) is 118 cm³/mol. The van der Waals surface area contributed by atoms with Crippen molar-refractivity contribution in [3.05, 3.63) is 53.6 Å². The number of nitrogens with one attached hydrogen (secondary N) is 1. The smallest absolute Gasteiger partial charge is 0.322 e. The predicted octanol–water partition coefficient (Wildman–Crippen LogP) is 4.99. The summed E-state index contributed by atoms with van der Waals surface area (Å²) in [5, 5.41) is 2.58. The van der Waals surface area contributed by atoms with Gasteiger partial charge in [0.05, 0.1) is 5.69 Å². The Morgan fingerprint density at radius 2 is 2.00 bits per heavy atom. The SMILES string of the molecule is CC1CCCCN1CCCN(Cc1ccc2c(c1)OCO2)C(=O)Nc1ccc(F)cc1F. The van der Waals surface area contributed by atoms with Crippen molar-refractivity contribution in [3.8, 4) is 11.5 Å². The quantitative estimate of drug-likeness (QED) is 0.652. The Balaban J connectivity index is 1.44. The average Bonchev–Trinajstić information content (AvgIpc) is 3.24. The van der Waals surface area contributed by atoms with E-state index in [1.807, 2.05) is 18.2 Å². The Morgan fingerprint density at radius 1 is 1.16 bits per heavy atom. The summed E-state index contributed by atoms with van der Waals surface area (Å²) >= 11 is 0. The molecule has 1 unspecified atom stereocenters. The molecule has 4 rings (SSSR count). The third kappa shape index (κ3) is 5.48. The first-order valence-electron chi connectivity index (χ1n) is 11.1. The molecule has 1 fully saturated rings. The van der Waals surface area contributed by atoms with Gasteiger partial charge in [-0.1, -0.05) is 12.5 Å². The second kappa shape index (κ2) is 10.2. The van der Waals surface area contributed by atoms with E-state index in [1.54, 1.807) is 4.90 Å². The molecule has 1 atom stereocenters. The molecular formula is C24H29F2N3O3. The number of ether oxygens (including phenoxy) is 2. The molecule has 2 amide bonds. The zero-order chi connectivity index (χ0) is 22.5. The fraction of sp³-hybridized carbons (Fsp3) is 0.458. The second-order valence-electron chi connectivity index (χ2n) is 8.40. The molecular weight excluding hydrogens is 416 g/mol. The first kappa shape index (κ1) is 22.3. The normalized spacial score (nSPS) is 17.9. The lowest BCUT2D eigenvalue weighted by molar-refractivity contribution is 0.150. The number of likely N-dealkylation sites (tertiary alicyclic amines) is 1. The Labute approximate surface area is 187 Å². The molecule has 8 heteroatoms. The van der Waals surface area contributed by atoms with Crippen LogP contribution in [0.15, 0.2) is 36.4 Å². The van der Waals surface area contributed by atoms with E-state index in [2.05, 4.69) is 17.1 Å². The van der Waals surface area contributed by atoms with Gasteiger partial charge in [0, 0.05) is 31.7 Å². The molecule has 32 heavy (non-hydrogen) atoms. The van der Waals surface area contributed by atoms with Crippen molar-refractivity contribution in [1.82, 2.24) is 9.80 Å². The number of hydrogen-bond acceptors (Lipinski definition) is 4. The van der Waals surface area contributed by atoms with Gasteiger partial charge in [-0.25, -0.2) is 13.6 Å². The van der Waals surface area contributed by atoms with Crippen molar-refractivity contribution >= 4 is 11.7 Å². The van der Waals surface area contributed by atoms with Gasteiger partial charge in [-0.2, -0.15) is 0 Å². The van der Waals surface area contributed by atoms with E-state index in [0.29, 0.717) is 30.6 Å². The molecule has 2 heterocycles. The Bertz CT molecular complexity index is 956. The molecule has 2 aliphatic rings. The van der Waals surface area contributed by atoms with Crippen LogP contribution in [-0.2, 0) is 6.54 Å². The Kier molecular flexibility index (Phi) is 7.09. The highest BCUT2D eigenvalue weighted by atomic mass is 19.1. The van der Waals surface area contributed by atoms with Gasteiger partial charge >= 0.3 is 6.03 Å². The third-order valence-electron chi connectivity index (χ3n) is 6.08. The molecule has 0 saturated carbocycles. The lowest BCUT2D eigenvalue weighted by Crippen LogP contribution is -2.40. The van der Waals surface area contributed by atoms with Crippen molar-refractivity contribution in [2.24, 2.45) is 0 Å². The Morgan fingerprint density at radius 3 is 2.81 bits per heavy atom. The molecule has 2 aliphatic heterocycles. The standard InChI is InChI=1S/C24H29F2N3O3/c1-17-5-2-3-10-28(17)11-4-12-29(15-18-6-9-22-23(13-18)32-16-31-22)24(30)27-21-8-7-19(25)14-20(21)26/h6-9,13-14,17H,2-5,10-12,15-16H2,1H3,(H,27,30). The van der Waals surface area contributed by atoms with Gasteiger partial charge in [-0.15, -0.1) is 0 Å². The summed E-state index contributed by atoms with van der Waals surface area (Å²) in [7, 11) is 0. The highest BCUT2D eigenvalue weighted by molar-refractivity contribution is 5.89. The lowest BCUT2D eigenvalue weighted by atomic mass is 10.0. The van der Waals surface area contributed by atoms with E-state index in [-0.39, 0.29) is 12.5 Å². The van der Waals surface area contributed by atoms with E-state index >= 15 is 0 Å². The van der Waals surface area contributed by atoms with Gasteiger partial charge in [0.25, 0.3) is 0 Å². The van der Waals surface area contributed by atoms with Crippen molar-refractivity contribution in [3.63, 3.8) is 0 Å². The second-order valence-corrected chi connectivity index (χ2v) is 8.40. The highest BCUT2D eigenvalue weighted by Gasteiger charge is 2.21. The van der Waals surface area contributed by atoms with Crippen LogP contribution in [0.4, 0.5) is 19.3 Å². The van der Waals surface area contributed by atoms with Crippen molar-refractivity contribution in [2.75, 3.05) is 31.7 Å². The van der Waals surface area contributed by atoms with Gasteiger partial charge in [0.2, 0.25) is 6.79 Å². The molecule has 0 aromatic heterocycles. The maximum absolute atomic E-state index is 14.1. The van der Waals surface area contributed by atoms with Gasteiger partial charge in [-0.3, -0.25) is 0 Å². The van der Waals surface area contributed by atoms with E-state index < -0.39 is 17.7 Å². The molecule has 172 valence electrons. The van der Waals surface area contributed by atoms with Gasteiger partial charge in [-0.05, 0) is 62.6 Å². The summed E-state index contributed by atoms with van der Waals surface area (Å²) in [4.78, 5) is 17.1. The van der Waals surface area contributed by atoms with Crippen LogP contribution in [0.3, 0.4) is 0 Å². The molecule has 0 spiro atoms. The molecule has 6 nitrogen and oxygen atoms in total. The van der Waals surface area contributed by atoms with Crippen LogP contribution in [0.5, 0.6) is 11.5 Å². The average molecular weight is 446 g/mol. The topological polar surface area (TPSA) is 54.0 Å². The Hall–Kier alpha value is -2.87. The van der Waals surface area contributed by atoms with Crippen LogP contribution in [0.2, 0.25) is 0 Å². The molecule has 0 aliphatic carbocycles. The molecule has 1 N–H and O–H groups in total. The number of halogens is 2. The van der Waals surface area contributed by atoms with E-state index in [0.717, 1.165) is 37.2 Å². The summed E-state index contributed by atoms with van der Waals surface area (Å²) in [5.74, 6) is -0.163. The number of urea groups is 1. The van der Waals surface area contributed by atoms with E-state index in [4.69, 9.17) is 9.47 Å². The largest absolute Gasteiger partial charge is 0.454 e. The van der Waals surface area contributed by atoms with Crippen LogP contribution in [0.25, 0.3) is 0 Å². The number of piperidine rings is 1. The summed E-state index contributed by atoms with van der Waals surface area (Å²) in [6.07, 6.45) is 4.47. The van der Waals surface area contributed by atoms with Gasteiger partial charge in [0.1, 0.15) is 11.6 Å². The molecule has 1 saturated heterocycles. The van der Waals surface area contributed by atoms with E-state index in [9.17, 15) is 13.6 Å². The fourth-order valence-electron chi connectivity index (χ4n) is 4.25. The number of hydrogen-bond donors (Lipinski definition) is 1. The van der Waals surface area contributed by atoms with Crippen LogP contribution >= 0.6 is 0 Å². The minimum Gasteiger partial charge on any atom is -0.454 e. The number of rotatable bonds is 7. The molecule has 0 radical (unpaired) electrons. The van der Waals surface area contributed by atoms with Crippen molar-refractivity contribution < 1.29 is 23.0 Å². The minimum absolute atomic E-state index is 0.0447. The highest BCUT2D eigenvalue weighted by Crippen LogP contribution is 2.33. The summed E-state index contributed by atoms with van der Waals surface area (Å²) in [6.45, 7) is 5.24. The zero-order valence-corrected chi connectivity index (χ0v) is 18.3. The van der Waals surface area contributed by atoms with Crippen LogP contribution in [0, 0.1) is 11.6 Å². The summed E-state index contributed by atoms with van der Waals surface area (Å²) < 4.78 is 38.1. The minimum atomic E-state index is -0.802. The zero-order valence-electron chi connectivity index (χ0n) is 18.3. The maximum Gasteiger partial charge on any atom is 0.322 e. The first-order chi connectivity index (χ1) is 15.5. The molecule has 2 aromatic rings. The first-order valence-corrected chi connectivity index (χ1v) is 11.1.